The fourth-order valence-electron chi connectivity index (χ4n) is 1.99. The van der Waals surface area contributed by atoms with Crippen molar-refractivity contribution in [2.75, 3.05) is 0 Å². The molecule has 0 bridgehead atoms. The quantitative estimate of drug-likeness (QED) is 0.885. The van der Waals surface area contributed by atoms with Gasteiger partial charge < -0.3 is 5.73 Å². The van der Waals surface area contributed by atoms with E-state index in [0.717, 1.165) is 28.1 Å². The molecule has 0 unspecified atom stereocenters. The molecule has 0 aliphatic carbocycles. The Morgan fingerprint density at radius 1 is 1.11 bits per heavy atom. The maximum absolute atomic E-state index is 13.3. The van der Waals surface area contributed by atoms with Gasteiger partial charge >= 0.3 is 0 Å². The number of aryl methyl sites for hydroxylation is 3. The molecular formula is C14H16FN3. The van der Waals surface area contributed by atoms with Crippen molar-refractivity contribution in [1.29, 1.82) is 0 Å². The summed E-state index contributed by atoms with van der Waals surface area (Å²) in [7, 11) is 0. The first-order valence-corrected chi connectivity index (χ1v) is 5.83. The van der Waals surface area contributed by atoms with Crippen molar-refractivity contribution in [2.45, 2.75) is 27.3 Å². The van der Waals surface area contributed by atoms with Crippen molar-refractivity contribution < 1.29 is 4.39 Å². The highest BCUT2D eigenvalue weighted by atomic mass is 19.1. The summed E-state index contributed by atoms with van der Waals surface area (Å²) in [5.74, 6) is 0.275. The number of nitrogens with zero attached hydrogens (tertiary/aromatic N) is 2. The zero-order valence-corrected chi connectivity index (χ0v) is 10.8. The Balaban J connectivity index is 2.61. The van der Waals surface area contributed by atoms with E-state index in [1.54, 1.807) is 6.07 Å². The van der Waals surface area contributed by atoms with Crippen LogP contribution in [0.4, 0.5) is 4.39 Å². The molecule has 1 heterocycles. The Morgan fingerprint density at radius 2 is 1.72 bits per heavy atom. The molecule has 3 nitrogen and oxygen atoms in total. The van der Waals surface area contributed by atoms with E-state index in [4.69, 9.17) is 5.73 Å². The first-order chi connectivity index (χ1) is 8.52. The smallest absolute Gasteiger partial charge is 0.160 e. The molecule has 0 aliphatic rings. The van der Waals surface area contributed by atoms with Crippen LogP contribution in [0.5, 0.6) is 0 Å². The molecule has 0 fully saturated rings. The first kappa shape index (κ1) is 12.6. The Kier molecular flexibility index (Phi) is 3.39. The van der Waals surface area contributed by atoms with E-state index in [9.17, 15) is 4.39 Å². The summed E-state index contributed by atoms with van der Waals surface area (Å²) in [6.45, 7) is 6.13. The normalized spacial score (nSPS) is 10.7. The predicted molar refractivity (Wildman–Crippen MR) is 69.5 cm³/mol. The van der Waals surface area contributed by atoms with Crippen LogP contribution >= 0.6 is 0 Å². The van der Waals surface area contributed by atoms with Crippen molar-refractivity contribution in [3.05, 3.63) is 46.5 Å². The van der Waals surface area contributed by atoms with Crippen LogP contribution in [-0.4, -0.2) is 9.97 Å². The molecule has 18 heavy (non-hydrogen) atoms. The summed E-state index contributed by atoms with van der Waals surface area (Å²) < 4.78 is 13.3. The summed E-state index contributed by atoms with van der Waals surface area (Å²) >= 11 is 0. The highest BCUT2D eigenvalue weighted by Gasteiger charge is 2.11. The molecule has 2 N–H and O–H groups in total. The lowest BCUT2D eigenvalue weighted by atomic mass is 10.1. The van der Waals surface area contributed by atoms with E-state index in [1.165, 1.54) is 12.1 Å². The molecule has 0 spiro atoms. The van der Waals surface area contributed by atoms with E-state index < -0.39 is 0 Å². The number of nitrogens with two attached hydrogens (primary N) is 1. The third-order valence-electron chi connectivity index (χ3n) is 3.07. The minimum atomic E-state index is -0.280. The van der Waals surface area contributed by atoms with Crippen molar-refractivity contribution in [1.82, 2.24) is 9.97 Å². The predicted octanol–water partition coefficient (Wildman–Crippen LogP) is 2.67. The second-order valence-corrected chi connectivity index (χ2v) is 4.36. The number of hydrogen-bond donors (Lipinski definition) is 1. The molecule has 0 saturated heterocycles. The standard InChI is InChI=1S/C14H16FN3/c1-8-4-5-11(15)6-12(8)14-17-9(2)13(7-16)10(3)18-14/h4-6H,7,16H2,1-3H3. The summed E-state index contributed by atoms with van der Waals surface area (Å²) in [5.41, 5.74) is 9.99. The van der Waals surface area contributed by atoms with Crippen molar-refractivity contribution in [3.63, 3.8) is 0 Å². The lowest BCUT2D eigenvalue weighted by Crippen LogP contribution is -2.07. The second-order valence-electron chi connectivity index (χ2n) is 4.36. The van der Waals surface area contributed by atoms with Gasteiger partial charge in [-0.25, -0.2) is 14.4 Å². The zero-order valence-electron chi connectivity index (χ0n) is 10.8. The van der Waals surface area contributed by atoms with Crippen LogP contribution in [0.15, 0.2) is 18.2 Å². The minimum Gasteiger partial charge on any atom is -0.326 e. The third-order valence-corrected chi connectivity index (χ3v) is 3.07. The van der Waals surface area contributed by atoms with Crippen LogP contribution in [-0.2, 0) is 6.54 Å². The van der Waals surface area contributed by atoms with Gasteiger partial charge in [-0.1, -0.05) is 6.07 Å². The summed E-state index contributed by atoms with van der Waals surface area (Å²) in [6.07, 6.45) is 0. The first-order valence-electron chi connectivity index (χ1n) is 5.83. The number of rotatable bonds is 2. The maximum atomic E-state index is 13.3. The molecule has 0 atom stereocenters. The van der Waals surface area contributed by atoms with E-state index in [0.29, 0.717) is 12.4 Å². The van der Waals surface area contributed by atoms with Gasteiger partial charge in [0.05, 0.1) is 0 Å². The van der Waals surface area contributed by atoms with Crippen molar-refractivity contribution in [3.8, 4) is 11.4 Å². The fraction of sp³-hybridized carbons (Fsp3) is 0.286. The number of halogens is 1. The van der Waals surface area contributed by atoms with Crippen LogP contribution in [0.1, 0.15) is 22.5 Å². The van der Waals surface area contributed by atoms with Gasteiger partial charge in [0.2, 0.25) is 0 Å². The van der Waals surface area contributed by atoms with E-state index in [1.807, 2.05) is 20.8 Å². The SMILES string of the molecule is Cc1ccc(F)cc1-c1nc(C)c(CN)c(C)n1. The van der Waals surface area contributed by atoms with Crippen LogP contribution in [0.25, 0.3) is 11.4 Å². The molecule has 1 aromatic heterocycles. The maximum Gasteiger partial charge on any atom is 0.160 e. The molecule has 94 valence electrons. The summed E-state index contributed by atoms with van der Waals surface area (Å²) in [4.78, 5) is 8.84. The van der Waals surface area contributed by atoms with Gasteiger partial charge in [-0.3, -0.25) is 0 Å². The molecule has 0 radical (unpaired) electrons. The van der Waals surface area contributed by atoms with Gasteiger partial charge in [-0.15, -0.1) is 0 Å². The lowest BCUT2D eigenvalue weighted by molar-refractivity contribution is 0.627. The van der Waals surface area contributed by atoms with E-state index in [-0.39, 0.29) is 5.82 Å². The Labute approximate surface area is 106 Å². The second kappa shape index (κ2) is 4.82. The van der Waals surface area contributed by atoms with Gasteiger partial charge in [0.25, 0.3) is 0 Å². The largest absolute Gasteiger partial charge is 0.326 e. The Morgan fingerprint density at radius 3 is 2.28 bits per heavy atom. The van der Waals surface area contributed by atoms with E-state index in [2.05, 4.69) is 9.97 Å². The summed E-state index contributed by atoms with van der Waals surface area (Å²) in [5, 5.41) is 0. The van der Waals surface area contributed by atoms with Gasteiger partial charge in [0.1, 0.15) is 5.82 Å². The van der Waals surface area contributed by atoms with Crippen LogP contribution < -0.4 is 5.73 Å². The Bertz CT molecular complexity index is 571. The van der Waals surface area contributed by atoms with Crippen LogP contribution in [0.2, 0.25) is 0 Å². The van der Waals surface area contributed by atoms with Crippen LogP contribution in [0, 0.1) is 26.6 Å². The zero-order chi connectivity index (χ0) is 13.3. The molecule has 4 heteroatoms. The molecule has 2 rings (SSSR count). The molecular weight excluding hydrogens is 229 g/mol. The molecule has 1 aromatic carbocycles. The average molecular weight is 245 g/mol. The monoisotopic (exact) mass is 245 g/mol. The van der Waals surface area contributed by atoms with Crippen LogP contribution in [0.3, 0.4) is 0 Å². The lowest BCUT2D eigenvalue weighted by Gasteiger charge is -2.10. The summed E-state index contributed by atoms with van der Waals surface area (Å²) in [6, 6.07) is 4.63. The number of hydrogen-bond acceptors (Lipinski definition) is 3. The molecule has 2 aromatic rings. The topological polar surface area (TPSA) is 51.8 Å². The highest BCUT2D eigenvalue weighted by molar-refractivity contribution is 5.60. The number of aromatic nitrogens is 2. The highest BCUT2D eigenvalue weighted by Crippen LogP contribution is 2.23. The fourth-order valence-corrected chi connectivity index (χ4v) is 1.99. The molecule has 0 aliphatic heterocycles. The van der Waals surface area contributed by atoms with Gasteiger partial charge in [0.15, 0.2) is 5.82 Å². The molecule has 0 amide bonds. The molecule has 0 saturated carbocycles. The number of benzene rings is 1. The van der Waals surface area contributed by atoms with Gasteiger partial charge in [-0.2, -0.15) is 0 Å². The van der Waals surface area contributed by atoms with Gasteiger partial charge in [0, 0.05) is 29.1 Å². The van der Waals surface area contributed by atoms with Crippen molar-refractivity contribution in [2.24, 2.45) is 5.73 Å². The van der Waals surface area contributed by atoms with E-state index >= 15 is 0 Å². The minimum absolute atomic E-state index is 0.280. The van der Waals surface area contributed by atoms with Crippen molar-refractivity contribution >= 4 is 0 Å². The Hall–Kier alpha value is -1.81. The average Bonchev–Trinajstić information content (AvgIpc) is 2.32. The van der Waals surface area contributed by atoms with Gasteiger partial charge in [-0.05, 0) is 38.5 Å². The third kappa shape index (κ3) is 2.24.